The first-order valence-corrected chi connectivity index (χ1v) is 10.6. The normalized spacial score (nSPS) is 14.4. The smallest absolute Gasteiger partial charge is 0.338 e. The number of para-hydroxylation sites is 1. The molecule has 0 amide bonds. The van der Waals surface area contributed by atoms with Crippen LogP contribution in [0.1, 0.15) is 60.9 Å². The van der Waals surface area contributed by atoms with Gasteiger partial charge in [-0.15, -0.1) is 0 Å². The van der Waals surface area contributed by atoms with Gasteiger partial charge in [0.2, 0.25) is 0 Å². The van der Waals surface area contributed by atoms with Crippen molar-refractivity contribution in [1.82, 2.24) is 0 Å². The number of hydrogen-bond acceptors (Lipinski definition) is 5. The van der Waals surface area contributed by atoms with E-state index < -0.39 is 0 Å². The van der Waals surface area contributed by atoms with Crippen LogP contribution in [-0.2, 0) is 4.74 Å². The van der Waals surface area contributed by atoms with E-state index in [-0.39, 0.29) is 12.1 Å². The maximum Gasteiger partial charge on any atom is 0.338 e. The summed E-state index contributed by atoms with van der Waals surface area (Å²) in [5.74, 6) is 1.15. The van der Waals surface area contributed by atoms with E-state index >= 15 is 0 Å². The number of esters is 1. The number of aryl methyl sites for hydroxylation is 1. The highest BCUT2D eigenvalue weighted by atomic mass is 16.5. The maximum atomic E-state index is 12.4. The largest absolute Gasteiger partial charge is 0.493 e. The second-order valence-corrected chi connectivity index (χ2v) is 7.59. The van der Waals surface area contributed by atoms with Crippen molar-refractivity contribution in [2.75, 3.05) is 18.9 Å². The fourth-order valence-corrected chi connectivity index (χ4v) is 3.48. The summed E-state index contributed by atoms with van der Waals surface area (Å²) in [5, 5.41) is 0. The van der Waals surface area contributed by atoms with Gasteiger partial charge in [-0.05, 0) is 75.3 Å². The van der Waals surface area contributed by atoms with E-state index in [1.54, 1.807) is 18.2 Å². The number of carbonyl (C=O) groups excluding carboxylic acids is 1. The Morgan fingerprint density at radius 1 is 0.966 bits per heavy atom. The fourth-order valence-electron chi connectivity index (χ4n) is 3.48. The van der Waals surface area contributed by atoms with Crippen LogP contribution in [0.15, 0.2) is 42.5 Å². The average molecular weight is 398 g/mol. The van der Waals surface area contributed by atoms with Gasteiger partial charge in [0.15, 0.2) is 0 Å². The highest BCUT2D eigenvalue weighted by Gasteiger charge is 2.19. The third-order valence-corrected chi connectivity index (χ3v) is 5.22. The molecular formula is C24H31NO4. The number of rotatable bonds is 9. The molecular weight excluding hydrogens is 366 g/mol. The van der Waals surface area contributed by atoms with E-state index in [0.29, 0.717) is 30.2 Å². The lowest BCUT2D eigenvalue weighted by atomic mass is 9.98. The summed E-state index contributed by atoms with van der Waals surface area (Å²) in [6.07, 6.45) is 7.13. The average Bonchev–Trinajstić information content (AvgIpc) is 2.73. The minimum Gasteiger partial charge on any atom is -0.493 e. The minimum absolute atomic E-state index is 0.0337. The van der Waals surface area contributed by atoms with Crippen molar-refractivity contribution in [1.29, 1.82) is 0 Å². The molecule has 0 unspecified atom stereocenters. The molecule has 3 rings (SSSR count). The molecule has 0 aliphatic heterocycles. The third-order valence-electron chi connectivity index (χ3n) is 5.22. The minimum atomic E-state index is -0.298. The molecule has 0 heterocycles. The van der Waals surface area contributed by atoms with Crippen LogP contribution in [0.25, 0.3) is 0 Å². The van der Waals surface area contributed by atoms with Gasteiger partial charge in [-0.25, -0.2) is 4.79 Å². The van der Waals surface area contributed by atoms with Crippen LogP contribution in [0.4, 0.5) is 5.69 Å². The van der Waals surface area contributed by atoms with E-state index in [0.717, 1.165) is 49.8 Å². The number of unbranched alkanes of at least 4 members (excludes halogenated alkanes) is 1. The van der Waals surface area contributed by atoms with Crippen LogP contribution in [-0.4, -0.2) is 25.3 Å². The van der Waals surface area contributed by atoms with Crippen molar-refractivity contribution in [3.05, 3.63) is 53.6 Å². The van der Waals surface area contributed by atoms with Crippen LogP contribution in [0.2, 0.25) is 0 Å². The molecule has 0 radical (unpaired) electrons. The number of nitrogen functional groups attached to an aromatic ring is 1. The molecule has 1 aliphatic rings. The van der Waals surface area contributed by atoms with Gasteiger partial charge < -0.3 is 19.9 Å². The van der Waals surface area contributed by atoms with Crippen molar-refractivity contribution in [2.45, 2.75) is 58.0 Å². The van der Waals surface area contributed by atoms with E-state index in [1.807, 2.05) is 31.2 Å². The molecule has 5 heteroatoms. The predicted molar refractivity (Wildman–Crippen MR) is 115 cm³/mol. The molecule has 0 spiro atoms. The van der Waals surface area contributed by atoms with Crippen molar-refractivity contribution in [3.8, 4) is 11.5 Å². The van der Waals surface area contributed by atoms with Crippen LogP contribution in [0.5, 0.6) is 11.5 Å². The number of hydrogen-bond donors (Lipinski definition) is 1. The van der Waals surface area contributed by atoms with Gasteiger partial charge in [0.1, 0.15) is 17.6 Å². The lowest BCUT2D eigenvalue weighted by Gasteiger charge is -2.22. The zero-order valence-corrected chi connectivity index (χ0v) is 17.2. The Bertz CT molecular complexity index is 799. The number of benzene rings is 2. The molecule has 1 aliphatic carbocycles. The molecule has 0 aromatic heterocycles. The summed E-state index contributed by atoms with van der Waals surface area (Å²) in [6, 6.07) is 13.1. The van der Waals surface area contributed by atoms with Crippen LogP contribution in [0.3, 0.4) is 0 Å². The molecule has 2 aromatic carbocycles. The Labute approximate surface area is 173 Å². The van der Waals surface area contributed by atoms with Gasteiger partial charge in [-0.2, -0.15) is 0 Å². The number of nitrogens with two attached hydrogens (primary N) is 1. The third kappa shape index (κ3) is 6.41. The van der Waals surface area contributed by atoms with Gasteiger partial charge in [0, 0.05) is 0 Å². The Kier molecular flexibility index (Phi) is 7.79. The first-order valence-electron chi connectivity index (χ1n) is 10.6. The van der Waals surface area contributed by atoms with Gasteiger partial charge in [-0.1, -0.05) is 24.6 Å². The van der Waals surface area contributed by atoms with Gasteiger partial charge >= 0.3 is 5.97 Å². The summed E-state index contributed by atoms with van der Waals surface area (Å²) < 4.78 is 17.2. The molecule has 2 N–H and O–H groups in total. The summed E-state index contributed by atoms with van der Waals surface area (Å²) >= 11 is 0. The Balaban J connectivity index is 1.42. The van der Waals surface area contributed by atoms with E-state index in [9.17, 15) is 4.79 Å². The molecule has 29 heavy (non-hydrogen) atoms. The molecule has 0 atom stereocenters. The SMILES string of the molecule is Cc1ccccc1OCCCCOc1cc(C(=O)OC2CCCCC2)ccc1N. The second kappa shape index (κ2) is 10.7. The zero-order chi connectivity index (χ0) is 20.5. The Hall–Kier alpha value is -2.69. The number of anilines is 1. The molecule has 156 valence electrons. The van der Waals surface area contributed by atoms with Crippen LogP contribution < -0.4 is 15.2 Å². The molecule has 5 nitrogen and oxygen atoms in total. The van der Waals surface area contributed by atoms with Crippen molar-refractivity contribution < 1.29 is 19.0 Å². The summed E-state index contributed by atoms with van der Waals surface area (Å²) in [5.41, 5.74) is 8.15. The lowest BCUT2D eigenvalue weighted by Crippen LogP contribution is -2.21. The molecule has 2 aromatic rings. The lowest BCUT2D eigenvalue weighted by molar-refractivity contribution is 0.0211. The van der Waals surface area contributed by atoms with Crippen LogP contribution >= 0.6 is 0 Å². The molecule has 0 bridgehead atoms. The second-order valence-electron chi connectivity index (χ2n) is 7.59. The first-order chi connectivity index (χ1) is 14.1. The van der Waals surface area contributed by atoms with Crippen molar-refractivity contribution in [3.63, 3.8) is 0 Å². The fraction of sp³-hybridized carbons (Fsp3) is 0.458. The highest BCUT2D eigenvalue weighted by molar-refractivity contribution is 5.90. The van der Waals surface area contributed by atoms with Gasteiger partial charge in [-0.3, -0.25) is 0 Å². The summed E-state index contributed by atoms with van der Waals surface area (Å²) in [6.45, 7) is 3.19. The molecule has 0 saturated heterocycles. The predicted octanol–water partition coefficient (Wildman–Crippen LogP) is 5.30. The quantitative estimate of drug-likeness (QED) is 0.353. The summed E-state index contributed by atoms with van der Waals surface area (Å²) in [7, 11) is 0. The maximum absolute atomic E-state index is 12.4. The van der Waals surface area contributed by atoms with Gasteiger partial charge in [0.05, 0.1) is 24.5 Å². The van der Waals surface area contributed by atoms with Crippen molar-refractivity contribution >= 4 is 11.7 Å². The first kappa shape index (κ1) is 21.0. The van der Waals surface area contributed by atoms with Crippen molar-refractivity contribution in [2.24, 2.45) is 0 Å². The summed E-state index contributed by atoms with van der Waals surface area (Å²) in [4.78, 5) is 12.4. The standard InChI is InChI=1S/C24H31NO4/c1-18-9-5-6-12-22(18)27-15-7-8-16-28-23-17-19(13-14-21(23)25)24(26)29-20-10-3-2-4-11-20/h5-6,9,12-14,17,20H,2-4,7-8,10-11,15-16,25H2,1H3. The Morgan fingerprint density at radius 2 is 1.66 bits per heavy atom. The monoisotopic (exact) mass is 397 g/mol. The van der Waals surface area contributed by atoms with E-state index in [2.05, 4.69) is 0 Å². The topological polar surface area (TPSA) is 70.8 Å². The number of ether oxygens (including phenoxy) is 3. The number of carbonyl (C=O) groups is 1. The Morgan fingerprint density at radius 3 is 2.38 bits per heavy atom. The van der Waals surface area contributed by atoms with Gasteiger partial charge in [0.25, 0.3) is 0 Å². The van der Waals surface area contributed by atoms with E-state index in [1.165, 1.54) is 6.42 Å². The zero-order valence-electron chi connectivity index (χ0n) is 17.2. The molecule has 1 saturated carbocycles. The van der Waals surface area contributed by atoms with E-state index in [4.69, 9.17) is 19.9 Å². The van der Waals surface area contributed by atoms with Crippen LogP contribution in [0, 0.1) is 6.92 Å². The highest BCUT2D eigenvalue weighted by Crippen LogP contribution is 2.26. The molecule has 1 fully saturated rings.